The minimum atomic E-state index is -0.240. The summed E-state index contributed by atoms with van der Waals surface area (Å²) in [5.41, 5.74) is 0.996. The standard InChI is InChI=1S/C14H18FN5O.HI/c1-10-18-13(21-19-10)8-17-14(16-2)20(3)9-11-4-6-12(15)7-5-11;/h4-7H,8-9H2,1-3H3,(H,16,17);1H. The van der Waals surface area contributed by atoms with E-state index in [4.69, 9.17) is 4.52 Å². The number of hydrogen-bond acceptors (Lipinski definition) is 4. The Morgan fingerprint density at radius 2 is 2.05 bits per heavy atom. The molecule has 0 saturated heterocycles. The Bertz CT molecular complexity index is 614. The van der Waals surface area contributed by atoms with Crippen molar-refractivity contribution in [3.8, 4) is 0 Å². The van der Waals surface area contributed by atoms with E-state index in [0.29, 0.717) is 30.8 Å². The fourth-order valence-electron chi connectivity index (χ4n) is 1.89. The highest BCUT2D eigenvalue weighted by Gasteiger charge is 2.09. The van der Waals surface area contributed by atoms with Crippen LogP contribution < -0.4 is 5.32 Å². The van der Waals surface area contributed by atoms with Crippen LogP contribution in [0, 0.1) is 12.7 Å². The van der Waals surface area contributed by atoms with Crippen molar-refractivity contribution in [1.82, 2.24) is 20.4 Å². The highest BCUT2D eigenvalue weighted by Crippen LogP contribution is 2.06. The van der Waals surface area contributed by atoms with Crippen LogP contribution in [-0.2, 0) is 13.1 Å². The first-order valence-corrected chi connectivity index (χ1v) is 6.54. The van der Waals surface area contributed by atoms with Gasteiger partial charge in [-0.25, -0.2) is 4.39 Å². The summed E-state index contributed by atoms with van der Waals surface area (Å²) in [5, 5.41) is 6.86. The molecule has 1 aromatic heterocycles. The molecule has 0 spiro atoms. The van der Waals surface area contributed by atoms with Crippen LogP contribution in [0.3, 0.4) is 0 Å². The zero-order valence-corrected chi connectivity index (χ0v) is 15.0. The van der Waals surface area contributed by atoms with Crippen molar-refractivity contribution in [1.29, 1.82) is 0 Å². The van der Waals surface area contributed by atoms with Gasteiger partial charge < -0.3 is 14.7 Å². The molecular weight excluding hydrogens is 400 g/mol. The average molecular weight is 419 g/mol. The number of nitrogens with zero attached hydrogens (tertiary/aromatic N) is 4. The molecule has 2 aromatic rings. The summed E-state index contributed by atoms with van der Waals surface area (Å²) < 4.78 is 17.9. The van der Waals surface area contributed by atoms with E-state index in [1.54, 1.807) is 26.1 Å². The van der Waals surface area contributed by atoms with Gasteiger partial charge in [0.2, 0.25) is 5.89 Å². The third-order valence-electron chi connectivity index (χ3n) is 2.87. The molecule has 120 valence electrons. The van der Waals surface area contributed by atoms with Crippen LogP contribution in [0.5, 0.6) is 0 Å². The lowest BCUT2D eigenvalue weighted by Gasteiger charge is -2.21. The summed E-state index contributed by atoms with van der Waals surface area (Å²) in [7, 11) is 3.60. The third kappa shape index (κ3) is 5.24. The molecule has 0 aliphatic rings. The van der Waals surface area contributed by atoms with E-state index in [9.17, 15) is 4.39 Å². The van der Waals surface area contributed by atoms with Crippen LogP contribution in [0.15, 0.2) is 33.8 Å². The van der Waals surface area contributed by atoms with Crippen LogP contribution >= 0.6 is 24.0 Å². The Labute approximate surface area is 145 Å². The second-order valence-corrected chi connectivity index (χ2v) is 4.62. The van der Waals surface area contributed by atoms with E-state index in [2.05, 4.69) is 20.4 Å². The van der Waals surface area contributed by atoms with E-state index in [1.807, 2.05) is 11.9 Å². The number of guanidine groups is 1. The summed E-state index contributed by atoms with van der Waals surface area (Å²) in [6.07, 6.45) is 0. The summed E-state index contributed by atoms with van der Waals surface area (Å²) in [6.45, 7) is 2.78. The lowest BCUT2D eigenvalue weighted by atomic mass is 10.2. The molecule has 1 aromatic carbocycles. The summed E-state index contributed by atoms with van der Waals surface area (Å²) in [4.78, 5) is 10.2. The monoisotopic (exact) mass is 419 g/mol. The molecule has 0 aliphatic heterocycles. The maximum absolute atomic E-state index is 12.9. The number of nitrogens with one attached hydrogen (secondary N) is 1. The fourth-order valence-corrected chi connectivity index (χ4v) is 1.89. The first-order valence-electron chi connectivity index (χ1n) is 6.54. The van der Waals surface area contributed by atoms with E-state index in [0.717, 1.165) is 5.56 Å². The lowest BCUT2D eigenvalue weighted by Crippen LogP contribution is -2.38. The predicted molar refractivity (Wildman–Crippen MR) is 92.5 cm³/mol. The smallest absolute Gasteiger partial charge is 0.246 e. The first kappa shape index (κ1) is 18.3. The largest absolute Gasteiger partial charge is 0.347 e. The van der Waals surface area contributed by atoms with Gasteiger partial charge in [-0.3, -0.25) is 4.99 Å². The molecule has 8 heteroatoms. The fraction of sp³-hybridized carbons (Fsp3) is 0.357. The van der Waals surface area contributed by atoms with Crippen LogP contribution in [0.4, 0.5) is 4.39 Å². The number of benzene rings is 1. The third-order valence-corrected chi connectivity index (χ3v) is 2.87. The van der Waals surface area contributed by atoms with Gasteiger partial charge in [0.25, 0.3) is 0 Å². The maximum Gasteiger partial charge on any atom is 0.246 e. The maximum atomic E-state index is 12.9. The lowest BCUT2D eigenvalue weighted by molar-refractivity contribution is 0.368. The van der Waals surface area contributed by atoms with Crippen LogP contribution in [-0.4, -0.2) is 35.1 Å². The van der Waals surface area contributed by atoms with Crippen molar-refractivity contribution < 1.29 is 8.91 Å². The zero-order valence-electron chi connectivity index (χ0n) is 12.7. The SMILES string of the molecule is CN=C(NCc1nc(C)no1)N(C)Cc1ccc(F)cc1.I. The Hall–Kier alpha value is -1.71. The predicted octanol–water partition coefficient (Wildman–Crippen LogP) is 2.34. The number of rotatable bonds is 4. The molecular formula is C14H19FIN5O. The number of hydrogen-bond donors (Lipinski definition) is 1. The Kier molecular flexibility index (Phi) is 7.22. The van der Waals surface area contributed by atoms with Crippen molar-refractivity contribution in [3.63, 3.8) is 0 Å². The minimum Gasteiger partial charge on any atom is -0.347 e. The molecule has 0 amide bonds. The van der Waals surface area contributed by atoms with E-state index >= 15 is 0 Å². The van der Waals surface area contributed by atoms with Crippen molar-refractivity contribution in [2.75, 3.05) is 14.1 Å². The first-order chi connectivity index (χ1) is 10.1. The number of halogens is 2. The molecule has 0 unspecified atom stereocenters. The second kappa shape index (κ2) is 8.66. The average Bonchev–Trinajstić information content (AvgIpc) is 2.88. The van der Waals surface area contributed by atoms with Crippen LogP contribution in [0.1, 0.15) is 17.3 Å². The summed E-state index contributed by atoms with van der Waals surface area (Å²) in [6, 6.07) is 6.39. The topological polar surface area (TPSA) is 66.5 Å². The van der Waals surface area contributed by atoms with Crippen molar-refractivity contribution in [2.45, 2.75) is 20.0 Å². The number of aryl methyl sites for hydroxylation is 1. The van der Waals surface area contributed by atoms with Crippen molar-refractivity contribution in [3.05, 3.63) is 47.4 Å². The summed E-state index contributed by atoms with van der Waals surface area (Å²) in [5.74, 6) is 1.55. The van der Waals surface area contributed by atoms with Gasteiger partial charge in [0.15, 0.2) is 11.8 Å². The van der Waals surface area contributed by atoms with Gasteiger partial charge in [-0.05, 0) is 24.6 Å². The molecule has 1 heterocycles. The van der Waals surface area contributed by atoms with Gasteiger partial charge in [-0.1, -0.05) is 17.3 Å². The number of aliphatic imine (C=N–C) groups is 1. The molecule has 2 rings (SSSR count). The molecule has 0 atom stereocenters. The molecule has 1 N–H and O–H groups in total. The van der Waals surface area contributed by atoms with E-state index in [1.165, 1.54) is 12.1 Å². The van der Waals surface area contributed by atoms with Crippen LogP contribution in [0.25, 0.3) is 0 Å². The highest BCUT2D eigenvalue weighted by molar-refractivity contribution is 14.0. The van der Waals surface area contributed by atoms with Gasteiger partial charge in [-0.2, -0.15) is 4.98 Å². The summed E-state index contributed by atoms with van der Waals surface area (Å²) >= 11 is 0. The van der Waals surface area contributed by atoms with E-state index < -0.39 is 0 Å². The van der Waals surface area contributed by atoms with Crippen LogP contribution in [0.2, 0.25) is 0 Å². The molecule has 0 aliphatic carbocycles. The van der Waals surface area contributed by atoms with Crippen molar-refractivity contribution >= 4 is 29.9 Å². The Morgan fingerprint density at radius 1 is 1.36 bits per heavy atom. The van der Waals surface area contributed by atoms with Crippen molar-refractivity contribution in [2.24, 2.45) is 4.99 Å². The van der Waals surface area contributed by atoms with Gasteiger partial charge >= 0.3 is 0 Å². The Morgan fingerprint density at radius 3 is 2.59 bits per heavy atom. The molecule has 22 heavy (non-hydrogen) atoms. The zero-order chi connectivity index (χ0) is 15.2. The quantitative estimate of drug-likeness (QED) is 0.468. The molecule has 0 fully saturated rings. The second-order valence-electron chi connectivity index (χ2n) is 4.62. The molecule has 0 bridgehead atoms. The normalized spacial score (nSPS) is 11.0. The minimum absolute atomic E-state index is 0. The van der Waals surface area contributed by atoms with Gasteiger partial charge in [0, 0.05) is 20.6 Å². The van der Waals surface area contributed by atoms with Gasteiger partial charge in [0.1, 0.15) is 5.82 Å². The molecule has 6 nitrogen and oxygen atoms in total. The number of aromatic nitrogens is 2. The highest BCUT2D eigenvalue weighted by atomic mass is 127. The molecule has 0 radical (unpaired) electrons. The van der Waals surface area contributed by atoms with Gasteiger partial charge in [-0.15, -0.1) is 24.0 Å². The van der Waals surface area contributed by atoms with Gasteiger partial charge in [0.05, 0.1) is 6.54 Å². The van der Waals surface area contributed by atoms with E-state index in [-0.39, 0.29) is 29.8 Å². The Balaban J connectivity index is 0.00000242. The molecule has 0 saturated carbocycles.